The lowest BCUT2D eigenvalue weighted by Gasteiger charge is -2.11. The van der Waals surface area contributed by atoms with Crippen LogP contribution < -0.4 is 10.6 Å². The highest BCUT2D eigenvalue weighted by Gasteiger charge is 2.04. The van der Waals surface area contributed by atoms with E-state index in [9.17, 15) is 0 Å². The molecule has 27 heavy (non-hydrogen) atoms. The Bertz CT molecular complexity index is 879. The Morgan fingerprint density at radius 2 is 1.93 bits per heavy atom. The summed E-state index contributed by atoms with van der Waals surface area (Å²) in [6, 6.07) is 13.8. The van der Waals surface area contributed by atoms with Crippen LogP contribution in [-0.4, -0.2) is 40.7 Å². The lowest BCUT2D eigenvalue weighted by molar-refractivity contribution is 0.713. The van der Waals surface area contributed by atoms with Crippen LogP contribution in [0.5, 0.6) is 0 Å². The summed E-state index contributed by atoms with van der Waals surface area (Å²) in [4.78, 5) is 4.26. The van der Waals surface area contributed by atoms with E-state index in [4.69, 9.17) is 11.6 Å². The van der Waals surface area contributed by atoms with Crippen LogP contribution in [-0.2, 0) is 12.8 Å². The van der Waals surface area contributed by atoms with Crippen molar-refractivity contribution in [1.82, 2.24) is 25.2 Å². The molecule has 0 aliphatic rings. The van der Waals surface area contributed by atoms with Gasteiger partial charge in [0.1, 0.15) is 5.82 Å². The molecule has 0 atom stereocenters. The first-order valence-electron chi connectivity index (χ1n) is 8.74. The van der Waals surface area contributed by atoms with Crippen molar-refractivity contribution in [3.05, 3.63) is 65.1 Å². The van der Waals surface area contributed by atoms with Crippen LogP contribution in [0.3, 0.4) is 0 Å². The molecule has 144 valence electrons. The first-order valence-corrected chi connectivity index (χ1v) is 9.11. The molecule has 0 fully saturated rings. The van der Waals surface area contributed by atoms with Gasteiger partial charge in [-0.05, 0) is 42.7 Å². The van der Waals surface area contributed by atoms with E-state index in [0.717, 1.165) is 54.8 Å². The molecule has 8 heteroatoms. The van der Waals surface area contributed by atoms with Gasteiger partial charge in [0.15, 0.2) is 11.6 Å². The summed E-state index contributed by atoms with van der Waals surface area (Å²) in [5, 5.41) is 15.8. The van der Waals surface area contributed by atoms with Gasteiger partial charge in [-0.1, -0.05) is 29.8 Å². The molecular weight excluding hydrogens is 475 g/mol. The van der Waals surface area contributed by atoms with Gasteiger partial charge >= 0.3 is 0 Å². The number of aromatic nitrogens is 3. The molecule has 0 bridgehead atoms. The van der Waals surface area contributed by atoms with E-state index in [1.165, 1.54) is 5.56 Å². The zero-order valence-electron chi connectivity index (χ0n) is 15.2. The summed E-state index contributed by atoms with van der Waals surface area (Å²) in [7, 11) is 1.78. The molecule has 0 aliphatic carbocycles. The maximum absolute atomic E-state index is 6.01. The van der Waals surface area contributed by atoms with E-state index >= 15 is 0 Å². The summed E-state index contributed by atoms with van der Waals surface area (Å²) >= 11 is 6.01. The highest BCUT2D eigenvalue weighted by Crippen LogP contribution is 2.10. The second-order valence-electron chi connectivity index (χ2n) is 5.95. The molecule has 2 aromatic heterocycles. The molecule has 0 unspecified atom stereocenters. The average molecular weight is 499 g/mol. The zero-order chi connectivity index (χ0) is 18.2. The topological polar surface area (TPSA) is 66.6 Å². The van der Waals surface area contributed by atoms with Gasteiger partial charge in [-0.15, -0.1) is 34.2 Å². The number of nitrogens with one attached hydrogen (secondary N) is 2. The minimum absolute atomic E-state index is 0. The van der Waals surface area contributed by atoms with Crippen LogP contribution in [0.15, 0.2) is 53.7 Å². The fraction of sp³-hybridized carbons (Fsp3) is 0.316. The molecule has 0 spiro atoms. The number of aliphatic imine (C=N–C) groups is 1. The molecule has 0 radical (unpaired) electrons. The second-order valence-corrected chi connectivity index (χ2v) is 6.39. The first kappa shape index (κ1) is 21.4. The number of hydrogen-bond donors (Lipinski definition) is 2. The molecule has 6 nitrogen and oxygen atoms in total. The van der Waals surface area contributed by atoms with Gasteiger partial charge in [0, 0.05) is 37.8 Å². The minimum Gasteiger partial charge on any atom is -0.356 e. The number of hydrogen-bond acceptors (Lipinski definition) is 3. The fourth-order valence-corrected chi connectivity index (χ4v) is 2.97. The van der Waals surface area contributed by atoms with Crippen molar-refractivity contribution in [3.63, 3.8) is 0 Å². The summed E-state index contributed by atoms with van der Waals surface area (Å²) < 4.78 is 2.03. The Morgan fingerprint density at radius 1 is 1.07 bits per heavy atom. The van der Waals surface area contributed by atoms with Crippen molar-refractivity contribution in [3.8, 4) is 0 Å². The van der Waals surface area contributed by atoms with Crippen LogP contribution in [0.2, 0.25) is 5.02 Å². The molecule has 1 aromatic carbocycles. The summed E-state index contributed by atoms with van der Waals surface area (Å²) in [6.45, 7) is 1.62. The average Bonchev–Trinajstić information content (AvgIpc) is 3.07. The van der Waals surface area contributed by atoms with E-state index in [1.807, 2.05) is 47.0 Å². The molecule has 2 heterocycles. The number of nitrogens with zero attached hydrogens (tertiary/aromatic N) is 4. The quantitative estimate of drug-likeness (QED) is 0.227. The third-order valence-electron chi connectivity index (χ3n) is 4.07. The van der Waals surface area contributed by atoms with Crippen LogP contribution >= 0.6 is 35.6 Å². The highest BCUT2D eigenvalue weighted by molar-refractivity contribution is 14.0. The predicted octanol–water partition coefficient (Wildman–Crippen LogP) is 3.34. The van der Waals surface area contributed by atoms with Crippen molar-refractivity contribution in [2.24, 2.45) is 4.99 Å². The molecule has 0 saturated carbocycles. The van der Waals surface area contributed by atoms with Gasteiger partial charge in [-0.3, -0.25) is 9.39 Å². The molecule has 3 aromatic rings. The fourth-order valence-electron chi connectivity index (χ4n) is 2.75. The Morgan fingerprint density at radius 3 is 2.74 bits per heavy atom. The Balaban J connectivity index is 0.00000261. The summed E-state index contributed by atoms with van der Waals surface area (Å²) in [5.41, 5.74) is 2.09. The van der Waals surface area contributed by atoms with Crippen molar-refractivity contribution < 1.29 is 0 Å². The van der Waals surface area contributed by atoms with E-state index in [1.54, 1.807) is 7.05 Å². The molecule has 3 rings (SSSR count). The normalized spacial score (nSPS) is 11.3. The number of pyridine rings is 1. The molecule has 0 amide bonds. The number of aryl methyl sites for hydroxylation is 1. The van der Waals surface area contributed by atoms with Gasteiger partial charge in [0.05, 0.1) is 0 Å². The van der Waals surface area contributed by atoms with Gasteiger partial charge in [-0.2, -0.15) is 0 Å². The SMILES string of the molecule is CN=C(NCCCc1nnc2ccccn12)NCCc1cccc(Cl)c1.I. The van der Waals surface area contributed by atoms with Crippen LogP contribution in [0.25, 0.3) is 5.65 Å². The van der Waals surface area contributed by atoms with Crippen molar-refractivity contribution >= 4 is 47.2 Å². The molecule has 2 N–H and O–H groups in total. The predicted molar refractivity (Wildman–Crippen MR) is 121 cm³/mol. The smallest absolute Gasteiger partial charge is 0.190 e. The van der Waals surface area contributed by atoms with Crippen molar-refractivity contribution in [2.45, 2.75) is 19.3 Å². The third kappa shape index (κ3) is 6.35. The largest absolute Gasteiger partial charge is 0.356 e. The highest BCUT2D eigenvalue weighted by atomic mass is 127. The summed E-state index contributed by atoms with van der Waals surface area (Å²) in [6.07, 6.45) is 4.70. The third-order valence-corrected chi connectivity index (χ3v) is 4.31. The Labute approximate surface area is 181 Å². The van der Waals surface area contributed by atoms with E-state index in [0.29, 0.717) is 0 Å². The van der Waals surface area contributed by atoms with Gasteiger partial charge in [-0.25, -0.2) is 0 Å². The van der Waals surface area contributed by atoms with Crippen LogP contribution in [0, 0.1) is 0 Å². The lowest BCUT2D eigenvalue weighted by atomic mass is 10.1. The number of fused-ring (bicyclic) bond motifs is 1. The molecular formula is C19H24ClIN6. The van der Waals surface area contributed by atoms with Gasteiger partial charge < -0.3 is 10.6 Å². The second kappa shape index (κ2) is 11.1. The van der Waals surface area contributed by atoms with E-state index < -0.39 is 0 Å². The van der Waals surface area contributed by atoms with Gasteiger partial charge in [0.25, 0.3) is 0 Å². The maximum Gasteiger partial charge on any atom is 0.190 e. The van der Waals surface area contributed by atoms with E-state index in [-0.39, 0.29) is 24.0 Å². The number of halogens is 2. The lowest BCUT2D eigenvalue weighted by Crippen LogP contribution is -2.38. The Hall–Kier alpha value is -1.87. The number of rotatable bonds is 7. The van der Waals surface area contributed by atoms with Gasteiger partial charge in [0.2, 0.25) is 0 Å². The summed E-state index contributed by atoms with van der Waals surface area (Å²) in [5.74, 6) is 1.78. The van der Waals surface area contributed by atoms with Crippen molar-refractivity contribution in [2.75, 3.05) is 20.1 Å². The standard InChI is InChI=1S/C19H23ClN6.HI/c1-21-19(23-12-10-15-6-4-7-16(20)14-15)22-11-5-9-18-25-24-17-8-2-3-13-26(17)18;/h2-4,6-8,13-14H,5,9-12H2,1H3,(H2,21,22,23);1H. The van der Waals surface area contributed by atoms with Crippen LogP contribution in [0.4, 0.5) is 0 Å². The Kier molecular flexibility index (Phi) is 8.80. The first-order chi connectivity index (χ1) is 12.8. The molecule has 0 saturated heterocycles. The number of guanidine groups is 1. The molecule has 0 aliphatic heterocycles. The van der Waals surface area contributed by atoms with E-state index in [2.05, 4.69) is 31.9 Å². The van der Waals surface area contributed by atoms with Crippen LogP contribution in [0.1, 0.15) is 17.8 Å². The zero-order valence-corrected chi connectivity index (χ0v) is 18.3. The monoisotopic (exact) mass is 498 g/mol. The number of benzene rings is 1. The maximum atomic E-state index is 6.01. The minimum atomic E-state index is 0. The van der Waals surface area contributed by atoms with Crippen molar-refractivity contribution in [1.29, 1.82) is 0 Å².